The summed E-state index contributed by atoms with van der Waals surface area (Å²) < 4.78 is 33.4. The Bertz CT molecular complexity index is 672. The summed E-state index contributed by atoms with van der Waals surface area (Å²) in [6.45, 7) is 12.1. The summed E-state index contributed by atoms with van der Waals surface area (Å²) in [7, 11) is 0. The minimum absolute atomic E-state index is 0.113. The maximum Gasteiger partial charge on any atom is 0.303 e. The third kappa shape index (κ3) is 22.9. The minimum Gasteiger partial charge on any atom is -0.481 e. The van der Waals surface area contributed by atoms with E-state index < -0.39 is 5.97 Å². The van der Waals surface area contributed by atoms with E-state index in [4.69, 9.17) is 33.5 Å². The topological polar surface area (TPSA) is 92.7 Å². The molecule has 39 heavy (non-hydrogen) atoms. The van der Waals surface area contributed by atoms with Crippen LogP contribution in [0.15, 0.2) is 36.0 Å². The van der Waals surface area contributed by atoms with Crippen LogP contribution in [-0.4, -0.2) is 90.4 Å². The molecule has 1 aliphatic carbocycles. The van der Waals surface area contributed by atoms with Gasteiger partial charge in [0.15, 0.2) is 0 Å². The molecule has 0 fully saturated rings. The molecule has 1 aliphatic rings. The number of allylic oxidation sites excluding steroid dienone is 6. The summed E-state index contributed by atoms with van der Waals surface area (Å²) in [6, 6.07) is 0. The lowest BCUT2D eigenvalue weighted by Crippen LogP contribution is -2.13. The molecule has 0 atom stereocenters. The Hall–Kier alpha value is -1.55. The standard InChI is InChI=1S/C31H54O8/c1-31(2)16-8-3-6-13-29(31)14-12-20-37-24-28-39-27-23-36-19-11-5-10-18-35-22-26-38-25-21-34-17-9-4-7-15-30(32)33/h3,6,8,13,16H,4-5,7,9-12,14-15,17-28H2,1-2H3,(H,32,33). The lowest BCUT2D eigenvalue weighted by molar-refractivity contribution is -0.137. The van der Waals surface area contributed by atoms with Crippen LogP contribution in [0.5, 0.6) is 0 Å². The highest BCUT2D eigenvalue weighted by molar-refractivity contribution is 5.66. The number of ether oxygens (including phenoxy) is 6. The zero-order valence-corrected chi connectivity index (χ0v) is 24.5. The molecule has 0 aromatic carbocycles. The molecule has 0 radical (unpaired) electrons. The highest BCUT2D eigenvalue weighted by Crippen LogP contribution is 2.32. The molecule has 0 heterocycles. The van der Waals surface area contributed by atoms with Crippen molar-refractivity contribution in [3.63, 3.8) is 0 Å². The van der Waals surface area contributed by atoms with E-state index in [1.165, 1.54) is 5.57 Å². The average molecular weight is 555 g/mol. The second-order valence-corrected chi connectivity index (χ2v) is 10.2. The number of hydrogen-bond donors (Lipinski definition) is 1. The molecular weight excluding hydrogens is 500 g/mol. The van der Waals surface area contributed by atoms with Crippen molar-refractivity contribution in [3.8, 4) is 0 Å². The van der Waals surface area contributed by atoms with Crippen molar-refractivity contribution in [2.75, 3.05) is 79.3 Å². The molecule has 0 aliphatic heterocycles. The van der Waals surface area contributed by atoms with Gasteiger partial charge in [0, 0.05) is 38.3 Å². The van der Waals surface area contributed by atoms with Crippen LogP contribution in [0.25, 0.3) is 0 Å². The number of unbranched alkanes of at least 4 members (excludes halogenated alkanes) is 4. The molecule has 8 heteroatoms. The first kappa shape index (κ1) is 35.5. The minimum atomic E-state index is -0.736. The molecule has 8 nitrogen and oxygen atoms in total. The van der Waals surface area contributed by atoms with Crippen molar-refractivity contribution >= 4 is 5.97 Å². The van der Waals surface area contributed by atoms with Crippen molar-refractivity contribution in [3.05, 3.63) is 36.0 Å². The molecule has 0 unspecified atom stereocenters. The molecule has 0 spiro atoms. The summed E-state index contributed by atoms with van der Waals surface area (Å²) in [5.41, 5.74) is 1.56. The van der Waals surface area contributed by atoms with Crippen molar-refractivity contribution < 1.29 is 38.3 Å². The number of carboxylic acids is 1. The number of carboxylic acid groups (broad SMARTS) is 1. The van der Waals surface area contributed by atoms with E-state index in [1.807, 2.05) is 0 Å². The van der Waals surface area contributed by atoms with Crippen LogP contribution in [0.1, 0.15) is 71.6 Å². The van der Waals surface area contributed by atoms with Crippen LogP contribution in [0.2, 0.25) is 0 Å². The Kier molecular flexibility index (Phi) is 23.1. The molecule has 1 N–H and O–H groups in total. The number of aliphatic carboxylic acids is 1. The van der Waals surface area contributed by atoms with Crippen LogP contribution >= 0.6 is 0 Å². The molecule has 0 aromatic heterocycles. The van der Waals surface area contributed by atoms with Gasteiger partial charge < -0.3 is 33.5 Å². The van der Waals surface area contributed by atoms with Gasteiger partial charge in [-0.2, -0.15) is 0 Å². The van der Waals surface area contributed by atoms with Gasteiger partial charge in [-0.05, 0) is 44.9 Å². The number of carbonyl (C=O) groups is 1. The van der Waals surface area contributed by atoms with E-state index in [0.29, 0.717) is 65.9 Å². The van der Waals surface area contributed by atoms with Crippen LogP contribution < -0.4 is 0 Å². The molecule has 0 amide bonds. The van der Waals surface area contributed by atoms with Crippen LogP contribution in [0.3, 0.4) is 0 Å². The van der Waals surface area contributed by atoms with E-state index in [9.17, 15) is 4.79 Å². The normalized spacial score (nSPS) is 14.5. The molecule has 1 rings (SSSR count). The predicted octanol–water partition coefficient (Wildman–Crippen LogP) is 5.76. The Balaban J connectivity index is 1.70. The molecule has 0 bridgehead atoms. The zero-order chi connectivity index (χ0) is 28.3. The summed E-state index contributed by atoms with van der Waals surface area (Å²) in [6.07, 6.45) is 18.7. The second-order valence-electron chi connectivity index (χ2n) is 10.2. The Morgan fingerprint density at radius 3 is 1.51 bits per heavy atom. The Morgan fingerprint density at radius 1 is 0.590 bits per heavy atom. The largest absolute Gasteiger partial charge is 0.481 e. The van der Waals surface area contributed by atoms with Gasteiger partial charge in [0.05, 0.1) is 52.9 Å². The van der Waals surface area contributed by atoms with Gasteiger partial charge in [-0.25, -0.2) is 0 Å². The van der Waals surface area contributed by atoms with Gasteiger partial charge in [-0.1, -0.05) is 56.2 Å². The van der Waals surface area contributed by atoms with E-state index in [0.717, 1.165) is 64.8 Å². The van der Waals surface area contributed by atoms with Crippen LogP contribution in [-0.2, 0) is 33.2 Å². The zero-order valence-electron chi connectivity index (χ0n) is 24.5. The van der Waals surface area contributed by atoms with Gasteiger partial charge in [0.1, 0.15) is 0 Å². The maximum atomic E-state index is 10.4. The molecule has 0 aromatic rings. The first-order valence-corrected chi connectivity index (χ1v) is 14.8. The van der Waals surface area contributed by atoms with Gasteiger partial charge in [0.25, 0.3) is 0 Å². The monoisotopic (exact) mass is 554 g/mol. The van der Waals surface area contributed by atoms with Gasteiger partial charge in [0.2, 0.25) is 0 Å². The molecule has 226 valence electrons. The molecule has 0 saturated carbocycles. The van der Waals surface area contributed by atoms with Crippen LogP contribution in [0, 0.1) is 5.41 Å². The fourth-order valence-electron chi connectivity index (χ4n) is 3.95. The van der Waals surface area contributed by atoms with E-state index in [1.54, 1.807) is 0 Å². The maximum absolute atomic E-state index is 10.4. The SMILES string of the molecule is CC1(C)C=CC=CC=C1CCCOCCOCCOCCCCCOCCOCCOCCCCCC(=O)O. The fourth-order valence-corrected chi connectivity index (χ4v) is 3.95. The van der Waals surface area contributed by atoms with Gasteiger partial charge in [-0.15, -0.1) is 0 Å². The third-order valence-corrected chi connectivity index (χ3v) is 6.34. The third-order valence-electron chi connectivity index (χ3n) is 6.34. The Labute approximate surface area is 236 Å². The van der Waals surface area contributed by atoms with E-state index in [-0.39, 0.29) is 11.8 Å². The van der Waals surface area contributed by atoms with Gasteiger partial charge in [-0.3, -0.25) is 4.79 Å². The predicted molar refractivity (Wildman–Crippen MR) is 154 cm³/mol. The first-order valence-electron chi connectivity index (χ1n) is 14.8. The van der Waals surface area contributed by atoms with E-state index in [2.05, 4.69) is 44.2 Å². The fraction of sp³-hybridized carbons (Fsp3) is 0.774. The van der Waals surface area contributed by atoms with Crippen molar-refractivity contribution in [1.29, 1.82) is 0 Å². The smallest absolute Gasteiger partial charge is 0.303 e. The highest BCUT2D eigenvalue weighted by atomic mass is 16.5. The summed E-state index contributed by atoms with van der Waals surface area (Å²) in [5, 5.41) is 8.56. The van der Waals surface area contributed by atoms with Crippen molar-refractivity contribution in [1.82, 2.24) is 0 Å². The van der Waals surface area contributed by atoms with Crippen molar-refractivity contribution in [2.24, 2.45) is 5.41 Å². The lowest BCUT2D eigenvalue weighted by Gasteiger charge is -2.24. The van der Waals surface area contributed by atoms with E-state index >= 15 is 0 Å². The summed E-state index contributed by atoms with van der Waals surface area (Å²) in [5.74, 6) is -0.736. The van der Waals surface area contributed by atoms with Crippen molar-refractivity contribution in [2.45, 2.75) is 71.6 Å². The summed E-state index contributed by atoms with van der Waals surface area (Å²) >= 11 is 0. The van der Waals surface area contributed by atoms with Gasteiger partial charge >= 0.3 is 5.97 Å². The second kappa shape index (κ2) is 25.4. The number of hydrogen-bond acceptors (Lipinski definition) is 7. The first-order chi connectivity index (χ1) is 19.0. The molecule has 0 saturated heterocycles. The number of rotatable bonds is 28. The molecular formula is C31H54O8. The van der Waals surface area contributed by atoms with Crippen LogP contribution in [0.4, 0.5) is 0 Å². The quantitative estimate of drug-likeness (QED) is 0.122. The summed E-state index contributed by atoms with van der Waals surface area (Å²) in [4.78, 5) is 10.4. The Morgan fingerprint density at radius 2 is 1.03 bits per heavy atom. The highest BCUT2D eigenvalue weighted by Gasteiger charge is 2.19. The average Bonchev–Trinajstić information content (AvgIpc) is 3.07. The lowest BCUT2D eigenvalue weighted by atomic mass is 9.82.